The van der Waals surface area contributed by atoms with Crippen molar-refractivity contribution in [1.29, 1.82) is 0 Å². The molecule has 0 aliphatic heterocycles. The van der Waals surface area contributed by atoms with Crippen LogP contribution in [0, 0.1) is 0 Å². The molecule has 0 aliphatic rings. The van der Waals surface area contributed by atoms with Crippen LogP contribution in [0.25, 0.3) is 0 Å². The van der Waals surface area contributed by atoms with E-state index < -0.39 is 5.60 Å². The van der Waals surface area contributed by atoms with Gasteiger partial charge in [-0.2, -0.15) is 0 Å². The summed E-state index contributed by atoms with van der Waals surface area (Å²) in [5.41, 5.74) is 1.93. The first-order chi connectivity index (χ1) is 8.54. The highest BCUT2D eigenvalue weighted by atomic mass is 35.5. The van der Waals surface area contributed by atoms with E-state index in [-0.39, 0.29) is 0 Å². The first-order valence-corrected chi connectivity index (χ1v) is 6.49. The van der Waals surface area contributed by atoms with Crippen molar-refractivity contribution >= 4 is 11.6 Å². The number of hydrogen-bond donors (Lipinski definition) is 1. The molecule has 18 heavy (non-hydrogen) atoms. The highest BCUT2D eigenvalue weighted by Gasteiger charge is 2.25. The van der Waals surface area contributed by atoms with Crippen LogP contribution in [0.5, 0.6) is 0 Å². The van der Waals surface area contributed by atoms with Crippen molar-refractivity contribution in [1.82, 2.24) is 0 Å². The number of benzene rings is 2. The number of rotatable bonds is 3. The Morgan fingerprint density at radius 3 is 2.28 bits per heavy atom. The first-order valence-electron chi connectivity index (χ1n) is 6.12. The maximum absolute atomic E-state index is 10.7. The lowest BCUT2D eigenvalue weighted by atomic mass is 9.88. The van der Waals surface area contributed by atoms with Gasteiger partial charge in [-0.1, -0.05) is 54.9 Å². The van der Waals surface area contributed by atoms with E-state index in [4.69, 9.17) is 11.6 Å². The predicted molar refractivity (Wildman–Crippen MR) is 75.9 cm³/mol. The maximum Gasteiger partial charge on any atom is 0.112 e. The van der Waals surface area contributed by atoms with Crippen LogP contribution in [0.15, 0.2) is 48.5 Å². The Morgan fingerprint density at radius 2 is 1.72 bits per heavy atom. The number of halogens is 1. The van der Waals surface area contributed by atoms with Crippen molar-refractivity contribution in [3.05, 3.63) is 70.2 Å². The van der Waals surface area contributed by atoms with Gasteiger partial charge in [0.2, 0.25) is 0 Å². The quantitative estimate of drug-likeness (QED) is 0.879. The van der Waals surface area contributed by atoms with Gasteiger partial charge in [-0.05, 0) is 42.2 Å². The molecule has 1 N–H and O–H groups in total. The predicted octanol–water partition coefficient (Wildman–Crippen LogP) is 4.16. The molecule has 0 heterocycles. The average Bonchev–Trinajstić information content (AvgIpc) is 2.39. The molecule has 0 aliphatic carbocycles. The Kier molecular flexibility index (Phi) is 3.74. The molecule has 0 fully saturated rings. The molecule has 2 heteroatoms. The second-order valence-electron chi connectivity index (χ2n) is 4.63. The van der Waals surface area contributed by atoms with Gasteiger partial charge in [-0.3, -0.25) is 0 Å². The SMILES string of the molecule is CCc1ccc(C(C)(O)c2cccc(Cl)c2)cc1. The van der Waals surface area contributed by atoms with Crippen molar-refractivity contribution in [3.63, 3.8) is 0 Å². The lowest BCUT2D eigenvalue weighted by Crippen LogP contribution is -2.22. The molecule has 94 valence electrons. The summed E-state index contributed by atoms with van der Waals surface area (Å²) in [5, 5.41) is 11.3. The second-order valence-corrected chi connectivity index (χ2v) is 5.07. The molecule has 0 spiro atoms. The summed E-state index contributed by atoms with van der Waals surface area (Å²) >= 11 is 5.97. The highest BCUT2D eigenvalue weighted by Crippen LogP contribution is 2.30. The zero-order chi connectivity index (χ0) is 13.2. The number of aliphatic hydroxyl groups is 1. The summed E-state index contributed by atoms with van der Waals surface area (Å²) in [7, 11) is 0. The van der Waals surface area contributed by atoms with E-state index in [2.05, 4.69) is 6.92 Å². The monoisotopic (exact) mass is 260 g/mol. The minimum absolute atomic E-state index is 0.637. The van der Waals surface area contributed by atoms with Crippen LogP contribution in [0.3, 0.4) is 0 Å². The summed E-state index contributed by atoms with van der Waals surface area (Å²) in [6, 6.07) is 15.4. The van der Waals surface area contributed by atoms with Gasteiger partial charge < -0.3 is 5.11 Å². The van der Waals surface area contributed by atoms with Crippen molar-refractivity contribution in [2.45, 2.75) is 25.9 Å². The topological polar surface area (TPSA) is 20.2 Å². The molecule has 0 saturated carbocycles. The van der Waals surface area contributed by atoms with Crippen LogP contribution in [0.2, 0.25) is 5.02 Å². The standard InChI is InChI=1S/C16H17ClO/c1-3-12-7-9-13(10-8-12)16(2,18)14-5-4-6-15(17)11-14/h4-11,18H,3H2,1-2H3. The van der Waals surface area contributed by atoms with Crippen LogP contribution in [-0.2, 0) is 12.0 Å². The van der Waals surface area contributed by atoms with Gasteiger partial charge in [0, 0.05) is 5.02 Å². The zero-order valence-electron chi connectivity index (χ0n) is 10.7. The Balaban J connectivity index is 2.40. The summed E-state index contributed by atoms with van der Waals surface area (Å²) in [6.45, 7) is 3.91. The van der Waals surface area contributed by atoms with E-state index in [0.717, 1.165) is 17.5 Å². The summed E-state index contributed by atoms with van der Waals surface area (Å²) in [5.74, 6) is 0. The minimum atomic E-state index is -1.02. The lowest BCUT2D eigenvalue weighted by molar-refractivity contribution is 0.102. The molecule has 0 bridgehead atoms. The van der Waals surface area contributed by atoms with Crippen LogP contribution >= 0.6 is 11.6 Å². The maximum atomic E-state index is 10.7. The van der Waals surface area contributed by atoms with Crippen LogP contribution in [-0.4, -0.2) is 5.11 Å². The minimum Gasteiger partial charge on any atom is -0.381 e. The highest BCUT2D eigenvalue weighted by molar-refractivity contribution is 6.30. The fourth-order valence-electron chi connectivity index (χ4n) is 2.02. The molecule has 0 radical (unpaired) electrons. The van der Waals surface area contributed by atoms with Crippen LogP contribution < -0.4 is 0 Å². The van der Waals surface area contributed by atoms with Crippen molar-refractivity contribution in [2.24, 2.45) is 0 Å². The Bertz CT molecular complexity index is 529. The Labute approximate surface area is 113 Å². The second kappa shape index (κ2) is 5.13. The number of aryl methyl sites for hydroxylation is 1. The molecule has 0 saturated heterocycles. The summed E-state index contributed by atoms with van der Waals surface area (Å²) in [4.78, 5) is 0. The molecule has 1 nitrogen and oxygen atoms in total. The first kappa shape index (κ1) is 13.1. The van der Waals surface area contributed by atoms with Crippen molar-refractivity contribution < 1.29 is 5.11 Å². The molecule has 2 aromatic carbocycles. The lowest BCUT2D eigenvalue weighted by Gasteiger charge is -2.25. The Morgan fingerprint density at radius 1 is 1.06 bits per heavy atom. The fourth-order valence-corrected chi connectivity index (χ4v) is 2.21. The third kappa shape index (κ3) is 2.58. The summed E-state index contributed by atoms with van der Waals surface area (Å²) < 4.78 is 0. The normalized spacial score (nSPS) is 14.2. The smallest absolute Gasteiger partial charge is 0.112 e. The molecule has 0 amide bonds. The van der Waals surface area contributed by atoms with E-state index in [1.54, 1.807) is 19.1 Å². The van der Waals surface area contributed by atoms with Gasteiger partial charge in [-0.25, -0.2) is 0 Å². The van der Waals surface area contributed by atoms with Gasteiger partial charge in [-0.15, -0.1) is 0 Å². The average molecular weight is 261 g/mol. The van der Waals surface area contributed by atoms with Gasteiger partial charge in [0.25, 0.3) is 0 Å². The van der Waals surface area contributed by atoms with E-state index in [9.17, 15) is 5.11 Å². The van der Waals surface area contributed by atoms with Gasteiger partial charge in [0.15, 0.2) is 0 Å². The van der Waals surface area contributed by atoms with Gasteiger partial charge >= 0.3 is 0 Å². The van der Waals surface area contributed by atoms with E-state index >= 15 is 0 Å². The molecular formula is C16H17ClO. The largest absolute Gasteiger partial charge is 0.381 e. The Hall–Kier alpha value is -1.31. The van der Waals surface area contributed by atoms with E-state index in [0.29, 0.717) is 5.02 Å². The van der Waals surface area contributed by atoms with Gasteiger partial charge in [0.1, 0.15) is 5.60 Å². The van der Waals surface area contributed by atoms with Crippen LogP contribution in [0.4, 0.5) is 0 Å². The number of hydrogen-bond acceptors (Lipinski definition) is 1. The van der Waals surface area contributed by atoms with E-state index in [1.165, 1.54) is 5.56 Å². The van der Waals surface area contributed by atoms with Crippen LogP contribution in [0.1, 0.15) is 30.5 Å². The molecule has 2 rings (SSSR count). The zero-order valence-corrected chi connectivity index (χ0v) is 11.4. The third-order valence-electron chi connectivity index (χ3n) is 3.31. The summed E-state index contributed by atoms with van der Waals surface area (Å²) in [6.07, 6.45) is 1.000. The molecule has 2 aromatic rings. The van der Waals surface area contributed by atoms with Gasteiger partial charge in [0.05, 0.1) is 0 Å². The van der Waals surface area contributed by atoms with Crippen molar-refractivity contribution in [3.8, 4) is 0 Å². The molecular weight excluding hydrogens is 244 g/mol. The molecule has 0 aromatic heterocycles. The van der Waals surface area contributed by atoms with Crippen molar-refractivity contribution in [2.75, 3.05) is 0 Å². The third-order valence-corrected chi connectivity index (χ3v) is 3.55. The molecule has 1 atom stereocenters. The molecule has 1 unspecified atom stereocenters. The van der Waals surface area contributed by atoms with E-state index in [1.807, 2.05) is 36.4 Å². The fraction of sp³-hybridized carbons (Fsp3) is 0.250.